The zero-order valence-electron chi connectivity index (χ0n) is 7.29. The number of aliphatic carboxylic acids is 1. The van der Waals surface area contributed by atoms with Crippen molar-refractivity contribution >= 4 is 21.9 Å². The number of benzene rings is 1. The number of halogens is 2. The molecule has 0 aromatic heterocycles. The number of carboxylic acids is 1. The van der Waals surface area contributed by atoms with Crippen molar-refractivity contribution in [3.05, 3.63) is 34.1 Å². The molecule has 0 radical (unpaired) electrons. The van der Waals surface area contributed by atoms with Gasteiger partial charge in [-0.2, -0.15) is 0 Å². The van der Waals surface area contributed by atoms with Crippen LogP contribution in [0.2, 0.25) is 0 Å². The van der Waals surface area contributed by atoms with Crippen molar-refractivity contribution in [3.8, 4) is 0 Å². The predicted octanol–water partition coefficient (Wildman–Crippen LogP) is 1.88. The Kier molecular flexibility index (Phi) is 2.92. The Morgan fingerprint density at radius 1 is 1.57 bits per heavy atom. The molecular formula is C9H8BrFO3. The van der Waals surface area contributed by atoms with Crippen molar-refractivity contribution < 1.29 is 19.4 Å². The number of rotatable bonds is 2. The molecule has 0 aliphatic carbocycles. The van der Waals surface area contributed by atoms with Crippen LogP contribution in [0.15, 0.2) is 22.7 Å². The monoisotopic (exact) mass is 262 g/mol. The van der Waals surface area contributed by atoms with Crippen LogP contribution in [-0.4, -0.2) is 16.2 Å². The van der Waals surface area contributed by atoms with Crippen LogP contribution in [0.3, 0.4) is 0 Å². The molecule has 1 unspecified atom stereocenters. The van der Waals surface area contributed by atoms with Crippen LogP contribution in [0.5, 0.6) is 0 Å². The van der Waals surface area contributed by atoms with Gasteiger partial charge in [-0.15, -0.1) is 0 Å². The van der Waals surface area contributed by atoms with Crippen molar-refractivity contribution in [1.29, 1.82) is 0 Å². The van der Waals surface area contributed by atoms with E-state index in [1.165, 1.54) is 12.1 Å². The van der Waals surface area contributed by atoms with Crippen LogP contribution in [-0.2, 0) is 10.4 Å². The summed E-state index contributed by atoms with van der Waals surface area (Å²) in [5, 5.41) is 18.1. The van der Waals surface area contributed by atoms with E-state index < -0.39 is 17.4 Å². The highest BCUT2D eigenvalue weighted by Crippen LogP contribution is 2.25. The summed E-state index contributed by atoms with van der Waals surface area (Å²) in [4.78, 5) is 10.6. The number of hydrogen-bond donors (Lipinski definition) is 2. The first-order chi connectivity index (χ1) is 6.35. The Bertz CT molecular complexity index is 376. The SMILES string of the molecule is CC(O)(C(=O)O)c1ccc(Br)cc1F. The first-order valence-electron chi connectivity index (χ1n) is 3.77. The molecular weight excluding hydrogens is 255 g/mol. The van der Waals surface area contributed by atoms with Crippen molar-refractivity contribution in [2.75, 3.05) is 0 Å². The van der Waals surface area contributed by atoms with Gasteiger partial charge < -0.3 is 10.2 Å². The van der Waals surface area contributed by atoms with Gasteiger partial charge in [-0.1, -0.05) is 22.0 Å². The van der Waals surface area contributed by atoms with Crippen LogP contribution >= 0.6 is 15.9 Å². The summed E-state index contributed by atoms with van der Waals surface area (Å²) in [7, 11) is 0. The van der Waals surface area contributed by atoms with E-state index in [1.807, 2.05) is 0 Å². The second kappa shape index (κ2) is 3.67. The molecule has 0 amide bonds. The maximum atomic E-state index is 13.3. The second-order valence-corrected chi connectivity index (χ2v) is 3.92. The Morgan fingerprint density at radius 3 is 2.57 bits per heavy atom. The quantitative estimate of drug-likeness (QED) is 0.856. The highest BCUT2D eigenvalue weighted by atomic mass is 79.9. The van der Waals surface area contributed by atoms with Gasteiger partial charge in [0.15, 0.2) is 5.60 Å². The van der Waals surface area contributed by atoms with Gasteiger partial charge in [0.1, 0.15) is 5.82 Å². The molecule has 1 aromatic rings. The maximum absolute atomic E-state index is 13.3. The molecule has 0 aliphatic heterocycles. The molecule has 14 heavy (non-hydrogen) atoms. The average molecular weight is 263 g/mol. The fourth-order valence-corrected chi connectivity index (χ4v) is 1.33. The highest BCUT2D eigenvalue weighted by Gasteiger charge is 2.34. The van der Waals surface area contributed by atoms with E-state index in [-0.39, 0.29) is 5.56 Å². The van der Waals surface area contributed by atoms with Crippen molar-refractivity contribution in [1.82, 2.24) is 0 Å². The molecule has 0 saturated heterocycles. The third-order valence-electron chi connectivity index (χ3n) is 1.87. The minimum atomic E-state index is -2.20. The Hall–Kier alpha value is -0.940. The maximum Gasteiger partial charge on any atom is 0.340 e. The molecule has 2 N–H and O–H groups in total. The number of carbonyl (C=O) groups is 1. The van der Waals surface area contributed by atoms with Gasteiger partial charge in [0.05, 0.1) is 0 Å². The summed E-state index contributed by atoms with van der Waals surface area (Å²) in [6, 6.07) is 3.80. The fourth-order valence-electron chi connectivity index (χ4n) is 0.999. The van der Waals surface area contributed by atoms with Gasteiger partial charge in [-0.05, 0) is 19.1 Å². The molecule has 0 saturated carbocycles. The van der Waals surface area contributed by atoms with E-state index in [4.69, 9.17) is 5.11 Å². The van der Waals surface area contributed by atoms with Crippen molar-refractivity contribution in [2.24, 2.45) is 0 Å². The van der Waals surface area contributed by atoms with Gasteiger partial charge in [0.25, 0.3) is 0 Å². The Balaban J connectivity index is 3.26. The number of carboxylic acid groups (broad SMARTS) is 1. The van der Waals surface area contributed by atoms with Crippen LogP contribution in [0, 0.1) is 5.82 Å². The van der Waals surface area contributed by atoms with E-state index in [1.54, 1.807) is 0 Å². The van der Waals surface area contributed by atoms with E-state index in [9.17, 15) is 14.3 Å². The molecule has 0 bridgehead atoms. The first kappa shape index (κ1) is 11.1. The number of aliphatic hydroxyl groups is 1. The lowest BCUT2D eigenvalue weighted by molar-refractivity contribution is -0.157. The lowest BCUT2D eigenvalue weighted by Gasteiger charge is -2.18. The highest BCUT2D eigenvalue weighted by molar-refractivity contribution is 9.10. The zero-order valence-corrected chi connectivity index (χ0v) is 8.88. The van der Waals surface area contributed by atoms with Gasteiger partial charge >= 0.3 is 5.97 Å². The molecule has 5 heteroatoms. The largest absolute Gasteiger partial charge is 0.479 e. The average Bonchev–Trinajstić information content (AvgIpc) is 2.02. The van der Waals surface area contributed by atoms with Crippen LogP contribution in [0.1, 0.15) is 12.5 Å². The molecule has 0 spiro atoms. The van der Waals surface area contributed by atoms with E-state index in [0.717, 1.165) is 13.0 Å². The number of hydrogen-bond acceptors (Lipinski definition) is 2. The van der Waals surface area contributed by atoms with Crippen molar-refractivity contribution in [2.45, 2.75) is 12.5 Å². The van der Waals surface area contributed by atoms with E-state index in [2.05, 4.69) is 15.9 Å². The lowest BCUT2D eigenvalue weighted by Crippen LogP contribution is -2.32. The molecule has 1 rings (SSSR count). The van der Waals surface area contributed by atoms with Gasteiger partial charge in [0, 0.05) is 10.0 Å². The summed E-state index contributed by atoms with van der Waals surface area (Å²) in [6.45, 7) is 1.03. The molecule has 0 aliphatic rings. The summed E-state index contributed by atoms with van der Waals surface area (Å²) < 4.78 is 13.7. The van der Waals surface area contributed by atoms with Crippen LogP contribution in [0.4, 0.5) is 4.39 Å². The molecule has 3 nitrogen and oxygen atoms in total. The third-order valence-corrected chi connectivity index (χ3v) is 2.37. The standard InChI is InChI=1S/C9H8BrFO3/c1-9(14,8(12)13)6-3-2-5(10)4-7(6)11/h2-4,14H,1H3,(H,12,13). The first-order valence-corrected chi connectivity index (χ1v) is 4.56. The molecule has 0 heterocycles. The predicted molar refractivity (Wildman–Crippen MR) is 51.3 cm³/mol. The van der Waals surface area contributed by atoms with E-state index >= 15 is 0 Å². The fraction of sp³-hybridized carbons (Fsp3) is 0.222. The van der Waals surface area contributed by atoms with Gasteiger partial charge in [-0.3, -0.25) is 0 Å². The van der Waals surface area contributed by atoms with Gasteiger partial charge in [0.2, 0.25) is 0 Å². The Labute approximate surface area is 88.3 Å². The van der Waals surface area contributed by atoms with Gasteiger partial charge in [-0.25, -0.2) is 9.18 Å². The van der Waals surface area contributed by atoms with Crippen LogP contribution < -0.4 is 0 Å². The Morgan fingerprint density at radius 2 is 2.14 bits per heavy atom. The van der Waals surface area contributed by atoms with Crippen LogP contribution in [0.25, 0.3) is 0 Å². The smallest absolute Gasteiger partial charge is 0.340 e. The summed E-state index contributed by atoms with van der Waals surface area (Å²) in [5.74, 6) is -2.24. The molecule has 0 fully saturated rings. The summed E-state index contributed by atoms with van der Waals surface area (Å²) in [5.41, 5.74) is -2.46. The summed E-state index contributed by atoms with van der Waals surface area (Å²) in [6.07, 6.45) is 0. The minimum Gasteiger partial charge on any atom is -0.479 e. The zero-order chi connectivity index (χ0) is 10.9. The molecule has 76 valence electrons. The minimum absolute atomic E-state index is 0.256. The topological polar surface area (TPSA) is 57.5 Å². The molecule has 1 aromatic carbocycles. The lowest BCUT2D eigenvalue weighted by atomic mass is 9.96. The molecule has 1 atom stereocenters. The second-order valence-electron chi connectivity index (χ2n) is 3.00. The van der Waals surface area contributed by atoms with Crippen molar-refractivity contribution in [3.63, 3.8) is 0 Å². The normalized spacial score (nSPS) is 14.9. The summed E-state index contributed by atoms with van der Waals surface area (Å²) >= 11 is 3.03. The van der Waals surface area contributed by atoms with E-state index in [0.29, 0.717) is 4.47 Å². The third kappa shape index (κ3) is 1.93.